The van der Waals surface area contributed by atoms with Crippen molar-refractivity contribution in [2.75, 3.05) is 6.61 Å². The summed E-state index contributed by atoms with van der Waals surface area (Å²) in [5.41, 5.74) is 2.05. The van der Waals surface area contributed by atoms with Crippen LogP contribution in [0.1, 0.15) is 45.6 Å². The fourth-order valence-corrected chi connectivity index (χ4v) is 4.22. The monoisotopic (exact) mass is 502 g/mol. The van der Waals surface area contributed by atoms with Crippen molar-refractivity contribution < 1.29 is 28.5 Å². The normalized spacial score (nSPS) is 23.9. The molecule has 1 aliphatic rings. The average molecular weight is 503 g/mol. The first-order valence-electron chi connectivity index (χ1n) is 11.6. The van der Waals surface area contributed by atoms with Crippen LogP contribution in [0.25, 0.3) is 11.3 Å². The Kier molecular flexibility index (Phi) is 9.65. The Morgan fingerprint density at radius 1 is 1.31 bits per heavy atom. The molecule has 0 spiro atoms. The fraction of sp³-hybridized carbons (Fsp3) is 0.542. The lowest BCUT2D eigenvalue weighted by molar-refractivity contribution is -0.761. The van der Waals surface area contributed by atoms with Gasteiger partial charge >= 0.3 is 5.97 Å². The third kappa shape index (κ3) is 7.27. The first-order valence-corrected chi connectivity index (χ1v) is 12.1. The Bertz CT molecular complexity index is 1050. The highest BCUT2D eigenvalue weighted by atomic mass is 32.1. The molecule has 1 aromatic carbocycles. The van der Waals surface area contributed by atoms with Crippen LogP contribution in [-0.4, -0.2) is 47.3 Å². The number of amides is 1. The van der Waals surface area contributed by atoms with Crippen LogP contribution in [0.5, 0.6) is 0 Å². The molecule has 3 rings (SSSR count). The Labute approximate surface area is 210 Å². The van der Waals surface area contributed by atoms with Gasteiger partial charge in [0, 0.05) is 42.4 Å². The Hall–Kier alpha value is -2.94. The molecule has 2 aromatic rings. The molecule has 0 radical (unpaired) electrons. The number of hydrogen-bond acceptors (Lipinski definition) is 8. The predicted molar refractivity (Wildman–Crippen MR) is 128 cm³/mol. The molecule has 1 amide bonds. The maximum Gasteiger partial charge on any atom is 0.303 e. The largest absolute Gasteiger partial charge is 0.459 e. The second-order valence-corrected chi connectivity index (χ2v) is 8.99. The van der Waals surface area contributed by atoms with Gasteiger partial charge in [-0.05, 0) is 25.0 Å². The first-order chi connectivity index (χ1) is 16.8. The van der Waals surface area contributed by atoms with E-state index in [1.165, 1.54) is 6.92 Å². The van der Waals surface area contributed by atoms with Gasteiger partial charge in [-0.25, -0.2) is 0 Å². The maximum absolute atomic E-state index is 11.8. The topological polar surface area (TPSA) is 130 Å². The van der Waals surface area contributed by atoms with E-state index in [0.29, 0.717) is 43.7 Å². The zero-order valence-corrected chi connectivity index (χ0v) is 21.0. The number of nitrogens with one attached hydrogen (secondary N) is 2. The van der Waals surface area contributed by atoms with Gasteiger partial charge in [0.15, 0.2) is 12.5 Å². The lowest BCUT2D eigenvalue weighted by Gasteiger charge is -2.43. The Balaban J connectivity index is 1.68. The fourth-order valence-electron chi connectivity index (χ4n) is 4.11. The summed E-state index contributed by atoms with van der Waals surface area (Å²) in [4.78, 5) is 23.1. The summed E-state index contributed by atoms with van der Waals surface area (Å²) in [5.74, 6) is -0.503. The number of aromatic nitrogens is 3. The van der Waals surface area contributed by atoms with Gasteiger partial charge in [-0.2, -0.15) is 9.94 Å². The SMILES string of the molecule is CC(=O)O[C@H]1C(C[n+]2cc(-c3cccc(C#N)c3)n[nH]2)OC(OCCCCC(=O)NS)C(C)[C@H]1C. The van der Waals surface area contributed by atoms with Gasteiger partial charge < -0.3 is 18.9 Å². The highest BCUT2D eigenvalue weighted by Gasteiger charge is 2.45. The van der Waals surface area contributed by atoms with Gasteiger partial charge in [-0.3, -0.25) is 9.59 Å². The number of nitrogens with zero attached hydrogens (tertiary/aromatic N) is 3. The van der Waals surface area contributed by atoms with E-state index in [1.807, 2.05) is 32.2 Å². The molecular weight excluding hydrogens is 470 g/mol. The number of carbonyl (C=O) groups excluding carboxylic acids is 2. The van der Waals surface area contributed by atoms with Gasteiger partial charge in [0.1, 0.15) is 18.8 Å². The number of hydrogen-bond donors (Lipinski definition) is 3. The smallest absolute Gasteiger partial charge is 0.303 e. The Morgan fingerprint density at radius 2 is 2.11 bits per heavy atom. The van der Waals surface area contributed by atoms with Crippen LogP contribution in [0, 0.1) is 23.2 Å². The van der Waals surface area contributed by atoms with Gasteiger partial charge in [0.2, 0.25) is 11.6 Å². The quantitative estimate of drug-likeness (QED) is 0.197. The molecule has 1 aliphatic heterocycles. The number of nitriles is 1. The van der Waals surface area contributed by atoms with Crippen LogP contribution >= 0.6 is 12.8 Å². The van der Waals surface area contributed by atoms with E-state index < -0.39 is 18.5 Å². The van der Waals surface area contributed by atoms with Gasteiger partial charge in [-0.15, -0.1) is 0 Å². The molecule has 3 unspecified atom stereocenters. The highest BCUT2D eigenvalue weighted by Crippen LogP contribution is 2.33. The number of benzene rings is 1. The number of thiol groups is 1. The van der Waals surface area contributed by atoms with Crippen molar-refractivity contribution in [3.8, 4) is 17.3 Å². The van der Waals surface area contributed by atoms with Gasteiger partial charge in [0.25, 0.3) is 0 Å². The van der Waals surface area contributed by atoms with Crippen molar-refractivity contribution in [3.05, 3.63) is 36.0 Å². The molecule has 188 valence electrons. The lowest BCUT2D eigenvalue weighted by Crippen LogP contribution is -2.57. The molecule has 35 heavy (non-hydrogen) atoms. The summed E-state index contributed by atoms with van der Waals surface area (Å²) in [6.45, 7) is 6.24. The van der Waals surface area contributed by atoms with Crippen LogP contribution in [0.15, 0.2) is 30.5 Å². The minimum absolute atomic E-state index is 0.00656. The van der Waals surface area contributed by atoms with Crippen LogP contribution in [0.4, 0.5) is 0 Å². The second-order valence-electron chi connectivity index (χ2n) is 8.77. The third-order valence-electron chi connectivity index (χ3n) is 6.20. The molecule has 0 aliphatic carbocycles. The summed E-state index contributed by atoms with van der Waals surface area (Å²) in [6, 6.07) is 9.33. The molecule has 1 fully saturated rings. The molecule has 2 heterocycles. The van der Waals surface area contributed by atoms with E-state index in [4.69, 9.17) is 19.5 Å². The van der Waals surface area contributed by atoms with Crippen LogP contribution in [0.2, 0.25) is 0 Å². The summed E-state index contributed by atoms with van der Waals surface area (Å²) >= 11 is 3.75. The number of esters is 1. The Morgan fingerprint density at radius 3 is 2.83 bits per heavy atom. The molecule has 10 nitrogen and oxygen atoms in total. The molecular formula is C24H32N5O5S+. The van der Waals surface area contributed by atoms with E-state index >= 15 is 0 Å². The number of ether oxygens (including phenoxy) is 3. The lowest BCUT2D eigenvalue weighted by atomic mass is 9.84. The maximum atomic E-state index is 11.8. The van der Waals surface area contributed by atoms with Crippen molar-refractivity contribution in [1.82, 2.24) is 15.0 Å². The van der Waals surface area contributed by atoms with Crippen molar-refractivity contribution >= 4 is 24.7 Å². The molecule has 1 aromatic heterocycles. The van der Waals surface area contributed by atoms with Crippen LogP contribution in [-0.2, 0) is 30.3 Å². The average Bonchev–Trinajstić information content (AvgIpc) is 3.32. The number of unbranched alkanes of at least 4 members (excludes halogenated alkanes) is 1. The standard InChI is InChI=1S/C24H31N5O5S/c1-15-16(2)24(32-10-5-4-9-22(31)27-35)34-21(23(15)33-17(3)30)14-29-13-20(26-28-29)19-8-6-7-18(11-19)12-25/h6-8,11,13,15-16,21,23-24H,4-5,9-10,14H2,1-3H3,(H2,26,27,28,31,35)/p+1/t15-,16?,21?,23-,24?/m1/s1. The van der Waals surface area contributed by atoms with E-state index in [1.54, 1.807) is 16.8 Å². The minimum atomic E-state index is -0.476. The summed E-state index contributed by atoms with van der Waals surface area (Å²) in [5, 5.41) is 16.5. The predicted octanol–water partition coefficient (Wildman–Crippen LogP) is 2.31. The highest BCUT2D eigenvalue weighted by molar-refractivity contribution is 7.78. The minimum Gasteiger partial charge on any atom is -0.459 e. The summed E-state index contributed by atoms with van der Waals surface area (Å²) in [6.07, 6.45) is 2.21. The summed E-state index contributed by atoms with van der Waals surface area (Å²) in [7, 11) is 0. The number of H-pyrrole nitrogens is 1. The van der Waals surface area contributed by atoms with E-state index in [2.05, 4.69) is 33.9 Å². The first kappa shape index (κ1) is 26.7. The van der Waals surface area contributed by atoms with E-state index in [-0.39, 0.29) is 23.7 Å². The molecule has 1 saturated heterocycles. The molecule has 0 bridgehead atoms. The zero-order chi connectivity index (χ0) is 25.4. The van der Waals surface area contributed by atoms with Gasteiger partial charge in [0.05, 0.1) is 11.6 Å². The van der Waals surface area contributed by atoms with Crippen molar-refractivity contribution in [3.63, 3.8) is 0 Å². The van der Waals surface area contributed by atoms with E-state index in [9.17, 15) is 9.59 Å². The molecule has 2 N–H and O–H groups in total. The van der Waals surface area contributed by atoms with Crippen LogP contribution in [0.3, 0.4) is 0 Å². The number of carbonyl (C=O) groups is 2. The molecule has 0 saturated carbocycles. The van der Waals surface area contributed by atoms with E-state index in [0.717, 1.165) is 5.56 Å². The van der Waals surface area contributed by atoms with Gasteiger partial charge in [-0.1, -0.05) is 44.0 Å². The summed E-state index contributed by atoms with van der Waals surface area (Å²) < 4.78 is 22.0. The van der Waals surface area contributed by atoms with Crippen molar-refractivity contribution in [2.24, 2.45) is 11.8 Å². The van der Waals surface area contributed by atoms with Crippen molar-refractivity contribution in [1.29, 1.82) is 5.26 Å². The number of aromatic amines is 1. The molecule has 11 heteroatoms. The third-order valence-corrected chi connectivity index (χ3v) is 6.45. The van der Waals surface area contributed by atoms with Crippen molar-refractivity contribution in [2.45, 2.75) is 65.1 Å². The second kappa shape index (κ2) is 12.7. The molecule has 5 atom stereocenters. The van der Waals surface area contributed by atoms with Crippen LogP contribution < -0.4 is 9.40 Å². The number of rotatable bonds is 10. The zero-order valence-electron chi connectivity index (χ0n) is 20.1.